The topological polar surface area (TPSA) is 63.2 Å². The maximum atomic E-state index is 11.5. The van der Waals surface area contributed by atoms with Crippen LogP contribution in [-0.2, 0) is 9.84 Å². The highest BCUT2D eigenvalue weighted by atomic mass is 32.2. The lowest BCUT2D eigenvalue weighted by molar-refractivity contribution is 0.441. The molecule has 0 radical (unpaired) electrons. The number of hydrogen-bond acceptors (Lipinski definition) is 5. The maximum absolute atomic E-state index is 11.5. The molecular formula is C14H23N3O2S. The van der Waals surface area contributed by atoms with Crippen LogP contribution in [0.5, 0.6) is 0 Å². The van der Waals surface area contributed by atoms with Gasteiger partial charge in [-0.1, -0.05) is 0 Å². The molecule has 1 aromatic heterocycles. The second-order valence-electron chi connectivity index (χ2n) is 5.85. The highest BCUT2D eigenvalue weighted by Crippen LogP contribution is 2.26. The molecule has 0 saturated carbocycles. The van der Waals surface area contributed by atoms with Crippen molar-refractivity contribution in [3.8, 4) is 0 Å². The predicted molar refractivity (Wildman–Crippen MR) is 80.9 cm³/mol. The first-order valence-electron chi connectivity index (χ1n) is 7.01. The summed E-state index contributed by atoms with van der Waals surface area (Å²) in [7, 11) is -2.92. The number of sulfone groups is 1. The molecule has 2 heterocycles. The molecule has 0 spiro atoms. The maximum Gasteiger partial charge on any atom is 0.147 e. The van der Waals surface area contributed by atoms with E-state index in [0.717, 1.165) is 48.8 Å². The molecular weight excluding hydrogens is 274 g/mol. The van der Waals surface area contributed by atoms with Crippen LogP contribution < -0.4 is 4.90 Å². The van der Waals surface area contributed by atoms with Gasteiger partial charge in [-0.3, -0.25) is 0 Å². The minimum Gasteiger partial charge on any atom is -0.356 e. The van der Waals surface area contributed by atoms with E-state index in [1.165, 1.54) is 6.26 Å². The van der Waals surface area contributed by atoms with E-state index < -0.39 is 9.84 Å². The molecule has 1 aromatic rings. The molecule has 5 nitrogen and oxygen atoms in total. The van der Waals surface area contributed by atoms with Gasteiger partial charge in [-0.25, -0.2) is 18.4 Å². The highest BCUT2D eigenvalue weighted by Gasteiger charge is 2.25. The van der Waals surface area contributed by atoms with Crippen molar-refractivity contribution in [2.75, 3.05) is 30.0 Å². The number of hydrogen-bond donors (Lipinski definition) is 0. The van der Waals surface area contributed by atoms with Crippen LogP contribution >= 0.6 is 0 Å². The van der Waals surface area contributed by atoms with Crippen LogP contribution in [0.1, 0.15) is 29.9 Å². The van der Waals surface area contributed by atoms with Gasteiger partial charge in [0.15, 0.2) is 0 Å². The van der Waals surface area contributed by atoms with Gasteiger partial charge in [0.05, 0.1) is 5.75 Å². The van der Waals surface area contributed by atoms with Gasteiger partial charge in [-0.05, 0) is 39.5 Å². The highest BCUT2D eigenvalue weighted by molar-refractivity contribution is 7.90. The standard InChI is InChI=1S/C14H23N3O2S/c1-10-11(2)15-12(3)16-14(10)17-7-5-6-13(8-17)9-20(4,18)19/h13H,5-9H2,1-4H3/t13-/m1/s1. The Kier molecular flexibility index (Phi) is 4.32. The average Bonchev–Trinajstić information content (AvgIpc) is 2.32. The molecule has 1 fully saturated rings. The number of anilines is 1. The Hall–Kier alpha value is -1.17. The molecule has 1 atom stereocenters. The molecule has 6 heteroatoms. The Labute approximate surface area is 121 Å². The van der Waals surface area contributed by atoms with Crippen molar-refractivity contribution in [3.63, 3.8) is 0 Å². The monoisotopic (exact) mass is 297 g/mol. The molecule has 1 saturated heterocycles. The summed E-state index contributed by atoms with van der Waals surface area (Å²) < 4.78 is 22.9. The lowest BCUT2D eigenvalue weighted by Crippen LogP contribution is -2.39. The third kappa shape index (κ3) is 3.69. The zero-order chi connectivity index (χ0) is 14.9. The molecule has 2 rings (SSSR count). The minimum absolute atomic E-state index is 0.203. The average molecular weight is 297 g/mol. The second kappa shape index (κ2) is 5.68. The van der Waals surface area contributed by atoms with Crippen molar-refractivity contribution < 1.29 is 8.42 Å². The van der Waals surface area contributed by atoms with Crippen LogP contribution in [0, 0.1) is 26.7 Å². The third-order valence-corrected chi connectivity index (χ3v) is 4.91. The smallest absolute Gasteiger partial charge is 0.147 e. The first-order valence-corrected chi connectivity index (χ1v) is 9.07. The van der Waals surface area contributed by atoms with E-state index in [-0.39, 0.29) is 11.7 Å². The van der Waals surface area contributed by atoms with Gasteiger partial charge in [-0.15, -0.1) is 0 Å². The fourth-order valence-electron chi connectivity index (χ4n) is 2.88. The largest absolute Gasteiger partial charge is 0.356 e. The van der Waals surface area contributed by atoms with Crippen LogP contribution in [0.4, 0.5) is 5.82 Å². The molecule has 0 bridgehead atoms. The van der Waals surface area contributed by atoms with Gasteiger partial charge >= 0.3 is 0 Å². The van der Waals surface area contributed by atoms with E-state index in [9.17, 15) is 8.42 Å². The van der Waals surface area contributed by atoms with E-state index in [0.29, 0.717) is 0 Å². The van der Waals surface area contributed by atoms with Gasteiger partial charge in [0, 0.05) is 30.6 Å². The van der Waals surface area contributed by atoms with E-state index in [1.54, 1.807) is 0 Å². The summed E-state index contributed by atoms with van der Waals surface area (Å²) in [5.74, 6) is 2.21. The molecule has 1 aliphatic rings. The first-order chi connectivity index (χ1) is 9.26. The summed E-state index contributed by atoms with van der Waals surface area (Å²) in [6.07, 6.45) is 3.31. The van der Waals surface area contributed by atoms with Crippen molar-refractivity contribution in [2.24, 2.45) is 5.92 Å². The normalized spacial score (nSPS) is 20.2. The summed E-state index contributed by atoms with van der Waals surface area (Å²) in [6.45, 7) is 7.63. The third-order valence-electron chi connectivity index (χ3n) is 3.83. The lowest BCUT2D eigenvalue weighted by atomic mass is 9.99. The summed E-state index contributed by atoms with van der Waals surface area (Å²) in [5.41, 5.74) is 2.09. The van der Waals surface area contributed by atoms with Gasteiger partial charge in [0.1, 0.15) is 21.5 Å². The van der Waals surface area contributed by atoms with Crippen LogP contribution in [0.3, 0.4) is 0 Å². The Bertz CT molecular complexity index is 599. The van der Waals surface area contributed by atoms with Crippen molar-refractivity contribution in [1.29, 1.82) is 0 Å². The van der Waals surface area contributed by atoms with Crippen LogP contribution in [0.25, 0.3) is 0 Å². The minimum atomic E-state index is -2.92. The lowest BCUT2D eigenvalue weighted by Gasteiger charge is -2.34. The Morgan fingerprint density at radius 2 is 1.95 bits per heavy atom. The number of rotatable bonds is 3. The van der Waals surface area contributed by atoms with E-state index in [4.69, 9.17) is 0 Å². The first kappa shape index (κ1) is 15.2. The van der Waals surface area contributed by atoms with Crippen molar-refractivity contribution in [2.45, 2.75) is 33.6 Å². The van der Waals surface area contributed by atoms with Crippen molar-refractivity contribution in [1.82, 2.24) is 9.97 Å². The zero-order valence-corrected chi connectivity index (χ0v) is 13.5. The fraction of sp³-hybridized carbons (Fsp3) is 0.714. The number of aromatic nitrogens is 2. The molecule has 0 N–H and O–H groups in total. The Morgan fingerprint density at radius 3 is 2.60 bits per heavy atom. The Morgan fingerprint density at radius 1 is 1.25 bits per heavy atom. The molecule has 0 unspecified atom stereocenters. The van der Waals surface area contributed by atoms with E-state index >= 15 is 0 Å². The molecule has 0 aromatic carbocycles. The van der Waals surface area contributed by atoms with Crippen LogP contribution in [0.2, 0.25) is 0 Å². The molecule has 20 heavy (non-hydrogen) atoms. The molecule has 0 amide bonds. The molecule has 112 valence electrons. The summed E-state index contributed by atoms with van der Waals surface area (Å²) in [6, 6.07) is 0. The van der Waals surface area contributed by atoms with E-state index in [1.807, 2.05) is 20.8 Å². The fourth-order valence-corrected chi connectivity index (χ4v) is 4.01. The van der Waals surface area contributed by atoms with Gasteiger partial charge < -0.3 is 4.90 Å². The zero-order valence-electron chi connectivity index (χ0n) is 12.7. The molecule has 0 aliphatic carbocycles. The van der Waals surface area contributed by atoms with E-state index in [2.05, 4.69) is 14.9 Å². The predicted octanol–water partition coefficient (Wildman–Crippen LogP) is 1.66. The summed E-state index contributed by atoms with van der Waals surface area (Å²) >= 11 is 0. The number of aryl methyl sites for hydroxylation is 2. The van der Waals surface area contributed by atoms with Crippen molar-refractivity contribution >= 4 is 15.7 Å². The van der Waals surface area contributed by atoms with Gasteiger partial charge in [-0.2, -0.15) is 0 Å². The van der Waals surface area contributed by atoms with Crippen LogP contribution in [0.15, 0.2) is 0 Å². The summed E-state index contributed by atoms with van der Waals surface area (Å²) in [4.78, 5) is 11.1. The number of nitrogens with zero attached hydrogens (tertiary/aromatic N) is 3. The van der Waals surface area contributed by atoms with Crippen molar-refractivity contribution in [3.05, 3.63) is 17.1 Å². The van der Waals surface area contributed by atoms with Gasteiger partial charge in [0.25, 0.3) is 0 Å². The van der Waals surface area contributed by atoms with Crippen LogP contribution in [-0.4, -0.2) is 43.5 Å². The second-order valence-corrected chi connectivity index (χ2v) is 8.04. The Balaban J connectivity index is 2.21. The SMILES string of the molecule is Cc1nc(C)c(C)c(N2CCC[C@@H](CS(C)(=O)=O)C2)n1. The van der Waals surface area contributed by atoms with Gasteiger partial charge in [0.2, 0.25) is 0 Å². The summed E-state index contributed by atoms with van der Waals surface area (Å²) in [5, 5.41) is 0. The molecule has 1 aliphatic heterocycles. The quantitative estimate of drug-likeness (QED) is 0.849. The number of piperidine rings is 1.